The Labute approximate surface area is 126 Å². The first-order chi connectivity index (χ1) is 9.74. The van der Waals surface area contributed by atoms with Crippen molar-refractivity contribution >= 4 is 21.8 Å². The third-order valence-electron chi connectivity index (χ3n) is 3.66. The van der Waals surface area contributed by atoms with Crippen molar-refractivity contribution in [3.63, 3.8) is 0 Å². The van der Waals surface area contributed by atoms with Crippen LogP contribution in [-0.4, -0.2) is 10.7 Å². The summed E-state index contributed by atoms with van der Waals surface area (Å²) in [6.45, 7) is 0. The molecule has 0 saturated heterocycles. The maximum Gasteiger partial charge on any atom is 0.220 e. The van der Waals surface area contributed by atoms with E-state index in [1.54, 1.807) is 6.26 Å². The van der Waals surface area contributed by atoms with E-state index in [0.29, 0.717) is 12.8 Å². The average Bonchev–Trinajstić information content (AvgIpc) is 3.06. The Morgan fingerprint density at radius 1 is 1.30 bits per heavy atom. The molecule has 0 spiro atoms. The predicted molar refractivity (Wildman–Crippen MR) is 80.8 cm³/mol. The summed E-state index contributed by atoms with van der Waals surface area (Å²) in [7, 11) is 0. The van der Waals surface area contributed by atoms with Gasteiger partial charge in [0.15, 0.2) is 0 Å². The van der Waals surface area contributed by atoms with Gasteiger partial charge in [0, 0.05) is 17.7 Å². The summed E-state index contributed by atoms with van der Waals surface area (Å²) in [5.41, 5.74) is 2.53. The first kappa shape index (κ1) is 13.4. The minimum absolute atomic E-state index is 0.0625. The van der Waals surface area contributed by atoms with Crippen LogP contribution in [0.1, 0.15) is 29.3 Å². The van der Waals surface area contributed by atoms with E-state index in [1.165, 1.54) is 11.1 Å². The largest absolute Gasteiger partial charge is 0.469 e. The van der Waals surface area contributed by atoms with Crippen molar-refractivity contribution in [3.8, 4) is 0 Å². The van der Waals surface area contributed by atoms with Gasteiger partial charge in [0.1, 0.15) is 5.76 Å². The number of hydrogen-bond donors (Lipinski definition) is 1. The molecule has 2 unspecified atom stereocenters. The number of carbonyl (C=O) groups is 1. The fourth-order valence-corrected chi connectivity index (χ4v) is 3.42. The first-order valence-electron chi connectivity index (χ1n) is 6.77. The quantitative estimate of drug-likeness (QED) is 0.871. The van der Waals surface area contributed by atoms with Gasteiger partial charge in [-0.2, -0.15) is 0 Å². The molecule has 2 atom stereocenters. The lowest BCUT2D eigenvalue weighted by Gasteiger charge is -2.17. The Balaban J connectivity index is 1.61. The van der Waals surface area contributed by atoms with Gasteiger partial charge in [0.05, 0.1) is 12.3 Å². The molecule has 1 aromatic carbocycles. The molecule has 1 aliphatic carbocycles. The van der Waals surface area contributed by atoms with Crippen LogP contribution < -0.4 is 5.32 Å². The summed E-state index contributed by atoms with van der Waals surface area (Å²) in [6, 6.07) is 12.1. The number of alkyl halides is 1. The zero-order valence-electron chi connectivity index (χ0n) is 11.0. The normalized spacial score (nSPS) is 20.6. The topological polar surface area (TPSA) is 42.2 Å². The van der Waals surface area contributed by atoms with E-state index >= 15 is 0 Å². The van der Waals surface area contributed by atoms with Crippen molar-refractivity contribution in [1.29, 1.82) is 0 Å². The van der Waals surface area contributed by atoms with Gasteiger partial charge in [-0.1, -0.05) is 40.2 Å². The fraction of sp³-hybridized carbons (Fsp3) is 0.312. The molecule has 3 rings (SSSR count). The highest BCUT2D eigenvalue weighted by molar-refractivity contribution is 9.09. The Kier molecular flexibility index (Phi) is 3.92. The predicted octanol–water partition coefficient (Wildman–Crippen LogP) is 3.39. The van der Waals surface area contributed by atoms with Crippen molar-refractivity contribution in [2.24, 2.45) is 0 Å². The summed E-state index contributed by atoms with van der Waals surface area (Å²) in [5.74, 6) is 0.912. The number of furan rings is 1. The maximum absolute atomic E-state index is 12.1. The van der Waals surface area contributed by atoms with Crippen LogP contribution in [0.4, 0.5) is 0 Å². The van der Waals surface area contributed by atoms with Gasteiger partial charge in [0.2, 0.25) is 5.91 Å². The zero-order chi connectivity index (χ0) is 13.9. The lowest BCUT2D eigenvalue weighted by atomic mass is 10.1. The highest BCUT2D eigenvalue weighted by atomic mass is 79.9. The molecule has 1 N–H and O–H groups in total. The standard InChI is InChI=1S/C16H16BrNO2/c17-14-10-11-4-1-2-6-13(11)16(14)18-15(19)8-7-12-5-3-9-20-12/h1-6,9,14,16H,7-8,10H2,(H,18,19). The molecule has 1 heterocycles. The molecule has 0 radical (unpaired) electrons. The monoisotopic (exact) mass is 333 g/mol. The summed E-state index contributed by atoms with van der Waals surface area (Å²) in [5, 5.41) is 3.12. The molecule has 1 aromatic heterocycles. The van der Waals surface area contributed by atoms with Crippen LogP contribution in [0.3, 0.4) is 0 Å². The van der Waals surface area contributed by atoms with E-state index in [0.717, 1.165) is 12.2 Å². The molecular weight excluding hydrogens is 318 g/mol. The lowest BCUT2D eigenvalue weighted by molar-refractivity contribution is -0.121. The molecular formula is C16H16BrNO2. The van der Waals surface area contributed by atoms with Crippen LogP contribution in [0.5, 0.6) is 0 Å². The summed E-state index contributed by atoms with van der Waals surface area (Å²) < 4.78 is 5.24. The molecule has 1 amide bonds. The van der Waals surface area contributed by atoms with E-state index in [9.17, 15) is 4.79 Å². The van der Waals surface area contributed by atoms with Crippen LogP contribution >= 0.6 is 15.9 Å². The van der Waals surface area contributed by atoms with Gasteiger partial charge in [-0.15, -0.1) is 0 Å². The van der Waals surface area contributed by atoms with Gasteiger partial charge < -0.3 is 9.73 Å². The molecule has 3 nitrogen and oxygen atoms in total. The summed E-state index contributed by atoms with van der Waals surface area (Å²) >= 11 is 3.67. The highest BCUT2D eigenvalue weighted by Crippen LogP contribution is 2.35. The number of benzene rings is 1. The van der Waals surface area contributed by atoms with Crippen molar-refractivity contribution in [2.45, 2.75) is 30.1 Å². The molecule has 20 heavy (non-hydrogen) atoms. The van der Waals surface area contributed by atoms with E-state index in [4.69, 9.17) is 4.42 Å². The van der Waals surface area contributed by atoms with E-state index in [-0.39, 0.29) is 16.8 Å². The minimum atomic E-state index is 0.0625. The second-order valence-corrected chi connectivity index (χ2v) is 6.22. The number of hydrogen-bond acceptors (Lipinski definition) is 2. The number of fused-ring (bicyclic) bond motifs is 1. The SMILES string of the molecule is O=C(CCc1ccco1)NC1c2ccccc2CC1Br. The molecule has 4 heteroatoms. The highest BCUT2D eigenvalue weighted by Gasteiger charge is 2.31. The summed E-state index contributed by atoms with van der Waals surface area (Å²) in [6.07, 6.45) is 3.68. The minimum Gasteiger partial charge on any atom is -0.469 e. The van der Waals surface area contributed by atoms with E-state index < -0.39 is 0 Å². The number of carbonyl (C=O) groups excluding carboxylic acids is 1. The van der Waals surface area contributed by atoms with Gasteiger partial charge in [0.25, 0.3) is 0 Å². The van der Waals surface area contributed by atoms with Gasteiger partial charge in [-0.25, -0.2) is 0 Å². The number of halogens is 1. The lowest BCUT2D eigenvalue weighted by Crippen LogP contribution is -2.31. The second kappa shape index (κ2) is 5.83. The van der Waals surface area contributed by atoms with Crippen LogP contribution in [0.25, 0.3) is 0 Å². The Bertz CT molecular complexity index is 594. The second-order valence-electron chi connectivity index (χ2n) is 5.04. The van der Waals surface area contributed by atoms with Crippen LogP contribution in [0, 0.1) is 0 Å². The third kappa shape index (κ3) is 2.80. The van der Waals surface area contributed by atoms with E-state index in [1.807, 2.05) is 24.3 Å². The first-order valence-corrected chi connectivity index (χ1v) is 7.69. The van der Waals surface area contributed by atoms with Crippen molar-refractivity contribution < 1.29 is 9.21 Å². The smallest absolute Gasteiger partial charge is 0.220 e. The molecule has 1 aliphatic rings. The molecule has 0 aliphatic heterocycles. The molecule has 0 saturated carbocycles. The summed E-state index contributed by atoms with van der Waals surface area (Å²) in [4.78, 5) is 12.3. The van der Waals surface area contributed by atoms with E-state index in [2.05, 4.69) is 33.4 Å². The van der Waals surface area contributed by atoms with Crippen molar-refractivity contribution in [3.05, 3.63) is 59.5 Å². The Morgan fingerprint density at radius 3 is 2.95 bits per heavy atom. The number of rotatable bonds is 4. The van der Waals surface area contributed by atoms with Crippen LogP contribution in [0.2, 0.25) is 0 Å². The van der Waals surface area contributed by atoms with Gasteiger partial charge >= 0.3 is 0 Å². The maximum atomic E-state index is 12.1. The molecule has 104 valence electrons. The average molecular weight is 334 g/mol. The van der Waals surface area contributed by atoms with Crippen LogP contribution in [-0.2, 0) is 17.6 Å². The fourth-order valence-electron chi connectivity index (χ4n) is 2.65. The molecule has 0 bridgehead atoms. The zero-order valence-corrected chi connectivity index (χ0v) is 12.6. The van der Waals surface area contributed by atoms with Crippen molar-refractivity contribution in [1.82, 2.24) is 5.32 Å². The van der Waals surface area contributed by atoms with Crippen molar-refractivity contribution in [2.75, 3.05) is 0 Å². The molecule has 2 aromatic rings. The van der Waals surface area contributed by atoms with Gasteiger partial charge in [-0.05, 0) is 29.7 Å². The third-order valence-corrected chi connectivity index (χ3v) is 4.51. The Hall–Kier alpha value is -1.55. The number of amides is 1. The Morgan fingerprint density at radius 2 is 2.15 bits per heavy atom. The number of aryl methyl sites for hydroxylation is 1. The number of nitrogens with one attached hydrogen (secondary N) is 1. The molecule has 0 fully saturated rings. The van der Waals surface area contributed by atoms with Crippen LogP contribution in [0.15, 0.2) is 47.1 Å². The van der Waals surface area contributed by atoms with Gasteiger partial charge in [-0.3, -0.25) is 4.79 Å².